The molecule has 4 rings (SSSR count). The summed E-state index contributed by atoms with van der Waals surface area (Å²) < 4.78 is 37.5. The molecule has 1 aliphatic heterocycles. The minimum Gasteiger partial charge on any atom is -0.507 e. The quantitative estimate of drug-likeness (QED) is 0.279. The van der Waals surface area contributed by atoms with Crippen molar-refractivity contribution in [2.24, 2.45) is 0 Å². The summed E-state index contributed by atoms with van der Waals surface area (Å²) in [6.45, 7) is -0.720. The summed E-state index contributed by atoms with van der Waals surface area (Å²) in [6, 6.07) is 5.33. The van der Waals surface area contributed by atoms with E-state index in [0.29, 0.717) is 0 Å². The number of carbonyl (C=O) groups is 1. The minimum atomic E-state index is -4.63. The summed E-state index contributed by atoms with van der Waals surface area (Å²) in [5.41, 5.74) is 5.94. The Bertz CT molecular complexity index is 1260. The van der Waals surface area contributed by atoms with E-state index in [1.165, 1.54) is 41.5 Å². The SMILES string of the molecule is Nc1ncnc2c1ncn2[C@@H]1OC(COS(=O)(=O)NC(=O)c2ccccc2O)[C@@H](O)[C@H]1O. The van der Waals surface area contributed by atoms with Crippen LogP contribution < -0.4 is 10.5 Å². The summed E-state index contributed by atoms with van der Waals surface area (Å²) in [6.07, 6.45) is -2.98. The molecule has 15 heteroatoms. The second-order valence-electron chi connectivity index (χ2n) is 6.82. The van der Waals surface area contributed by atoms with Crippen LogP contribution in [0.25, 0.3) is 11.2 Å². The number of phenolic OH excluding ortho intramolecular Hbond substituents is 1. The highest BCUT2D eigenvalue weighted by Gasteiger charge is 2.45. The number of ether oxygens (including phenoxy) is 1. The number of nitrogen functional groups attached to an aromatic ring is 1. The van der Waals surface area contributed by atoms with Crippen LogP contribution in [0.4, 0.5) is 5.82 Å². The number of anilines is 1. The fourth-order valence-corrected chi connectivity index (χ4v) is 3.88. The number of phenols is 1. The summed E-state index contributed by atoms with van der Waals surface area (Å²) in [5, 5.41) is 30.3. The molecule has 0 bridgehead atoms. The van der Waals surface area contributed by atoms with Crippen LogP contribution in [0, 0.1) is 0 Å². The van der Waals surface area contributed by atoms with Gasteiger partial charge in [-0.1, -0.05) is 12.1 Å². The van der Waals surface area contributed by atoms with Crippen molar-refractivity contribution in [3.63, 3.8) is 0 Å². The van der Waals surface area contributed by atoms with E-state index in [4.69, 9.17) is 14.7 Å². The standard InChI is InChI=1S/C17H18N6O8S/c18-14-11-15(20-6-19-14)23(7-21-11)17-13(26)12(25)10(31-17)5-30-32(28,29)22-16(27)8-3-1-2-4-9(8)24/h1-4,6-7,10,12-13,17,24-26H,5H2,(H,22,27)(H2,18,19,20)/t10?,12-,13-,17-/m1/s1. The maximum absolute atomic E-state index is 12.1. The number of carbonyl (C=O) groups excluding carboxylic acids is 1. The number of nitrogens with one attached hydrogen (secondary N) is 1. The summed E-state index contributed by atoms with van der Waals surface area (Å²) in [4.78, 5) is 23.9. The van der Waals surface area contributed by atoms with E-state index in [2.05, 4.69) is 15.0 Å². The molecule has 4 atom stereocenters. The Morgan fingerprint density at radius 2 is 1.97 bits per heavy atom. The number of imidazole rings is 1. The zero-order chi connectivity index (χ0) is 23.0. The Morgan fingerprint density at radius 3 is 2.72 bits per heavy atom. The first-order chi connectivity index (χ1) is 15.2. The molecular formula is C17H18N6O8S. The third-order valence-electron chi connectivity index (χ3n) is 4.75. The van der Waals surface area contributed by atoms with Crippen molar-refractivity contribution in [2.75, 3.05) is 12.3 Å². The molecule has 170 valence electrons. The van der Waals surface area contributed by atoms with Gasteiger partial charge in [-0.15, -0.1) is 0 Å². The van der Waals surface area contributed by atoms with Gasteiger partial charge >= 0.3 is 10.3 Å². The molecule has 1 aromatic carbocycles. The van der Waals surface area contributed by atoms with E-state index in [-0.39, 0.29) is 22.5 Å². The first-order valence-corrected chi connectivity index (χ1v) is 10.5. The van der Waals surface area contributed by atoms with E-state index >= 15 is 0 Å². The van der Waals surface area contributed by atoms with Gasteiger partial charge in [0.05, 0.1) is 18.5 Å². The number of aliphatic hydroxyl groups is 2. The lowest BCUT2D eigenvalue weighted by molar-refractivity contribution is -0.0468. The average molecular weight is 466 g/mol. The molecule has 1 saturated heterocycles. The zero-order valence-corrected chi connectivity index (χ0v) is 17.0. The molecule has 2 aromatic heterocycles. The maximum atomic E-state index is 12.1. The monoisotopic (exact) mass is 466 g/mol. The molecular weight excluding hydrogens is 448 g/mol. The van der Waals surface area contributed by atoms with Crippen molar-refractivity contribution < 1.29 is 37.5 Å². The largest absolute Gasteiger partial charge is 0.507 e. The number of nitrogens with zero attached hydrogens (tertiary/aromatic N) is 4. The van der Waals surface area contributed by atoms with Gasteiger partial charge in [0.15, 0.2) is 17.7 Å². The fraction of sp³-hybridized carbons (Fsp3) is 0.294. The predicted octanol–water partition coefficient (Wildman–Crippen LogP) is -1.58. The Balaban J connectivity index is 1.44. The highest BCUT2D eigenvalue weighted by Crippen LogP contribution is 2.32. The highest BCUT2D eigenvalue weighted by atomic mass is 32.2. The van der Waals surface area contributed by atoms with E-state index in [0.717, 1.165) is 0 Å². The van der Waals surface area contributed by atoms with Crippen LogP contribution >= 0.6 is 0 Å². The molecule has 0 saturated carbocycles. The second kappa shape index (κ2) is 8.29. The fourth-order valence-electron chi connectivity index (χ4n) is 3.17. The Morgan fingerprint density at radius 1 is 1.22 bits per heavy atom. The number of amides is 1. The topological polar surface area (TPSA) is 212 Å². The van der Waals surface area contributed by atoms with Gasteiger partial charge in [-0.05, 0) is 12.1 Å². The number of nitrogens with two attached hydrogens (primary N) is 1. The number of rotatable bonds is 6. The summed E-state index contributed by atoms with van der Waals surface area (Å²) in [5.74, 6) is -1.43. The molecule has 3 aromatic rings. The van der Waals surface area contributed by atoms with Gasteiger partial charge in [0, 0.05) is 0 Å². The van der Waals surface area contributed by atoms with Crippen molar-refractivity contribution in [1.29, 1.82) is 0 Å². The normalized spacial score (nSPS) is 23.4. The van der Waals surface area contributed by atoms with Crippen molar-refractivity contribution in [3.8, 4) is 5.75 Å². The third kappa shape index (κ3) is 4.06. The molecule has 3 heterocycles. The number of benzene rings is 1. The van der Waals surface area contributed by atoms with Gasteiger partial charge in [0.25, 0.3) is 5.91 Å². The lowest BCUT2D eigenvalue weighted by atomic mass is 10.1. The molecule has 1 unspecified atom stereocenters. The zero-order valence-electron chi connectivity index (χ0n) is 16.1. The summed E-state index contributed by atoms with van der Waals surface area (Å²) in [7, 11) is -4.63. The Kier molecular flexibility index (Phi) is 5.66. The van der Waals surface area contributed by atoms with Gasteiger partial charge in [0.2, 0.25) is 0 Å². The Hall–Kier alpha value is -3.37. The molecule has 0 aliphatic carbocycles. The predicted molar refractivity (Wildman–Crippen MR) is 106 cm³/mol. The number of aromatic nitrogens is 4. The number of aromatic hydroxyl groups is 1. The van der Waals surface area contributed by atoms with Crippen LogP contribution in [0.2, 0.25) is 0 Å². The third-order valence-corrected chi connectivity index (χ3v) is 5.63. The second-order valence-corrected chi connectivity index (χ2v) is 8.16. The first-order valence-electron chi connectivity index (χ1n) is 9.12. The van der Waals surface area contributed by atoms with Crippen LogP contribution in [-0.2, 0) is 19.2 Å². The van der Waals surface area contributed by atoms with Crippen molar-refractivity contribution in [2.45, 2.75) is 24.5 Å². The first kappa shape index (κ1) is 21.8. The number of aliphatic hydroxyl groups excluding tert-OH is 2. The lowest BCUT2D eigenvalue weighted by Crippen LogP contribution is -2.37. The van der Waals surface area contributed by atoms with Crippen LogP contribution in [0.15, 0.2) is 36.9 Å². The van der Waals surface area contributed by atoms with Gasteiger partial charge in [0.1, 0.15) is 35.9 Å². The average Bonchev–Trinajstić information content (AvgIpc) is 3.29. The molecule has 32 heavy (non-hydrogen) atoms. The van der Waals surface area contributed by atoms with Gasteiger partial charge in [-0.25, -0.2) is 19.7 Å². The summed E-state index contributed by atoms with van der Waals surface area (Å²) >= 11 is 0. The van der Waals surface area contributed by atoms with Crippen molar-refractivity contribution in [1.82, 2.24) is 24.2 Å². The molecule has 1 aliphatic rings. The number of fused-ring (bicyclic) bond motifs is 1. The molecule has 0 spiro atoms. The van der Waals surface area contributed by atoms with E-state index < -0.39 is 53.1 Å². The van der Waals surface area contributed by atoms with Crippen LogP contribution in [0.1, 0.15) is 16.6 Å². The van der Waals surface area contributed by atoms with Gasteiger partial charge < -0.3 is 25.8 Å². The number of hydrogen-bond donors (Lipinski definition) is 5. The van der Waals surface area contributed by atoms with E-state index in [9.17, 15) is 28.5 Å². The van der Waals surface area contributed by atoms with Crippen molar-refractivity contribution in [3.05, 3.63) is 42.5 Å². The van der Waals surface area contributed by atoms with Gasteiger partial charge in [-0.3, -0.25) is 13.5 Å². The number of hydrogen-bond acceptors (Lipinski definition) is 12. The molecule has 0 radical (unpaired) electrons. The van der Waals surface area contributed by atoms with Crippen LogP contribution in [0.5, 0.6) is 5.75 Å². The lowest BCUT2D eigenvalue weighted by Gasteiger charge is -2.16. The van der Waals surface area contributed by atoms with Crippen LogP contribution in [-0.4, -0.2) is 74.1 Å². The molecule has 14 nitrogen and oxygen atoms in total. The van der Waals surface area contributed by atoms with Gasteiger partial charge in [-0.2, -0.15) is 8.42 Å². The van der Waals surface area contributed by atoms with Crippen LogP contribution in [0.3, 0.4) is 0 Å². The molecule has 6 N–H and O–H groups in total. The minimum absolute atomic E-state index is 0.105. The number of para-hydroxylation sites is 1. The molecule has 1 fully saturated rings. The maximum Gasteiger partial charge on any atom is 0.362 e. The van der Waals surface area contributed by atoms with E-state index in [1.54, 1.807) is 4.72 Å². The highest BCUT2D eigenvalue weighted by molar-refractivity contribution is 7.85. The Labute approximate surface area is 180 Å². The smallest absolute Gasteiger partial charge is 0.362 e. The molecule has 1 amide bonds. The van der Waals surface area contributed by atoms with E-state index in [1.807, 2.05) is 0 Å². The van der Waals surface area contributed by atoms with Crippen molar-refractivity contribution >= 4 is 33.2 Å².